The molecule has 0 amide bonds. The fraction of sp³-hybridized carbons (Fsp3) is 0. The van der Waals surface area contributed by atoms with E-state index in [-0.39, 0.29) is 0 Å². The molecule has 0 bridgehead atoms. The van der Waals surface area contributed by atoms with E-state index in [1.54, 1.807) is 0 Å². The van der Waals surface area contributed by atoms with Crippen LogP contribution in [0.4, 0.5) is 56.9 Å². The Kier molecular flexibility index (Phi) is 22.0. The van der Waals surface area contributed by atoms with Gasteiger partial charge in [-0.25, -0.2) is 0 Å². The van der Waals surface area contributed by atoms with Crippen LogP contribution >= 0.6 is 22.7 Å². The van der Waals surface area contributed by atoms with Crippen LogP contribution in [0.15, 0.2) is 461 Å². The quantitative estimate of drug-likeness (QED) is 0.0745. The summed E-state index contributed by atoms with van der Waals surface area (Å²) in [4.78, 5) is 0. The van der Waals surface area contributed by atoms with Gasteiger partial charge in [0.1, 0.15) is 0 Å². The lowest BCUT2D eigenvalue weighted by atomic mass is 9.98. The summed E-state index contributed by atoms with van der Waals surface area (Å²) in [5, 5.41) is 35.7. The van der Waals surface area contributed by atoms with Crippen molar-refractivity contribution in [3.05, 3.63) is 461 Å². The second kappa shape index (κ2) is 35.0. The number of hydrogen-bond acceptors (Lipinski definition) is 7. The van der Waals surface area contributed by atoms with E-state index in [0.717, 1.165) is 56.9 Å². The molecule has 0 unspecified atom stereocenters. The number of fused-ring (bicyclic) bond motifs is 13. The molecule has 0 saturated carbocycles. The average Bonchev–Trinajstić information content (AvgIpc) is 1.77. The van der Waals surface area contributed by atoms with Crippen molar-refractivity contribution in [1.29, 1.82) is 0 Å². The zero-order valence-corrected chi connectivity index (χ0v) is 65.8. The van der Waals surface area contributed by atoms with Crippen LogP contribution in [0.2, 0.25) is 0 Å². The molecule has 0 aliphatic carbocycles. The van der Waals surface area contributed by atoms with E-state index in [0.29, 0.717) is 0 Å². The Morgan fingerprint density at radius 3 is 0.991 bits per heavy atom. The minimum Gasteiger partial charge on any atom is -0.356 e. The van der Waals surface area contributed by atoms with E-state index in [1.165, 1.54) is 128 Å². The van der Waals surface area contributed by atoms with Crippen LogP contribution in [-0.2, 0) is 0 Å². The molecule has 558 valence electrons. The third-order valence-corrected chi connectivity index (χ3v) is 23.2. The molecule has 0 aliphatic heterocycles. The standard InChI is InChI=1S/C26H19N.C24H19N.C22H15NS.C20H15N.C18H13NS/c1-2-9-19(10-3-1)20-12-8-13-22(17-20)27-26-18-21-11-4-5-14-23(21)24-15-6-7-16-25(24)26;1-4-10-19(11-5-1)21-16-22(20-12-6-2-7-13-20)18-24(17-21)25-23-14-8-3-9-15-23;1-2-8-17-15(6-1)7-5-10-20(17)23-16-12-13-19-18-9-3-4-11-21(18)24-22(19)14-16;1-2-7-17(8-3-1)21-18-12-13-20-16(14-18)11-10-15-6-4-5-9-19(15)20;1-2-6-13(7-3-1)19-14-10-11-16-15-8-4-5-9-17(15)20-18(16)12-14/h1-18,27H;1-18,25H;1-14,23H;1-14,21H;1-12,19H. The lowest BCUT2D eigenvalue weighted by molar-refractivity contribution is 1.53. The van der Waals surface area contributed by atoms with Gasteiger partial charge in [0, 0.05) is 108 Å². The van der Waals surface area contributed by atoms with Crippen LogP contribution in [0.5, 0.6) is 0 Å². The summed E-state index contributed by atoms with van der Waals surface area (Å²) in [7, 11) is 0. The third kappa shape index (κ3) is 17.4. The third-order valence-electron chi connectivity index (χ3n) is 20.9. The molecular formula is C110H81N5S2. The molecule has 2 heterocycles. The van der Waals surface area contributed by atoms with Gasteiger partial charge in [-0.1, -0.05) is 334 Å². The minimum atomic E-state index is 1.09. The van der Waals surface area contributed by atoms with E-state index in [4.69, 9.17) is 0 Å². The van der Waals surface area contributed by atoms with Crippen molar-refractivity contribution in [2.45, 2.75) is 0 Å². The van der Waals surface area contributed by atoms with Crippen LogP contribution in [0.1, 0.15) is 0 Å². The van der Waals surface area contributed by atoms with Crippen molar-refractivity contribution in [1.82, 2.24) is 0 Å². The number of hydrogen-bond donors (Lipinski definition) is 5. The first-order valence-corrected chi connectivity index (χ1v) is 41.1. The van der Waals surface area contributed by atoms with Crippen molar-refractivity contribution in [3.8, 4) is 33.4 Å². The number of thiophene rings is 2. The van der Waals surface area contributed by atoms with Gasteiger partial charge in [-0.3, -0.25) is 0 Å². The summed E-state index contributed by atoms with van der Waals surface area (Å²) in [5.41, 5.74) is 18.5. The molecule has 5 N–H and O–H groups in total. The molecule has 0 aliphatic rings. The molecule has 0 fully saturated rings. The maximum atomic E-state index is 3.65. The van der Waals surface area contributed by atoms with Crippen LogP contribution in [0.25, 0.3) is 128 Å². The van der Waals surface area contributed by atoms with Gasteiger partial charge in [-0.2, -0.15) is 0 Å². The van der Waals surface area contributed by atoms with Gasteiger partial charge in [0.15, 0.2) is 0 Å². The largest absolute Gasteiger partial charge is 0.356 e. The molecule has 0 spiro atoms. The molecule has 22 aromatic rings. The molecule has 117 heavy (non-hydrogen) atoms. The topological polar surface area (TPSA) is 60.1 Å². The lowest BCUT2D eigenvalue weighted by Crippen LogP contribution is -1.93. The molecule has 5 nitrogen and oxygen atoms in total. The van der Waals surface area contributed by atoms with E-state index in [9.17, 15) is 0 Å². The maximum Gasteiger partial charge on any atom is 0.0470 e. The first-order chi connectivity index (χ1) is 57.9. The van der Waals surface area contributed by atoms with Gasteiger partial charge in [-0.15, -0.1) is 22.7 Å². The highest BCUT2D eigenvalue weighted by atomic mass is 32.1. The van der Waals surface area contributed by atoms with Gasteiger partial charge >= 0.3 is 0 Å². The van der Waals surface area contributed by atoms with Crippen LogP contribution in [0.3, 0.4) is 0 Å². The van der Waals surface area contributed by atoms with Crippen LogP contribution < -0.4 is 26.6 Å². The molecular weight excluding hydrogens is 1460 g/mol. The normalized spacial score (nSPS) is 10.9. The Labute approximate surface area is 689 Å². The molecule has 0 radical (unpaired) electrons. The Balaban J connectivity index is 0.000000101. The minimum absolute atomic E-state index is 1.09. The second-order valence-electron chi connectivity index (χ2n) is 28.8. The van der Waals surface area contributed by atoms with Gasteiger partial charge in [0.2, 0.25) is 0 Å². The summed E-state index contributed by atoms with van der Waals surface area (Å²) in [6.45, 7) is 0. The zero-order chi connectivity index (χ0) is 78.3. The molecule has 0 saturated heterocycles. The van der Waals surface area contributed by atoms with Crippen molar-refractivity contribution in [2.75, 3.05) is 26.6 Å². The number of anilines is 10. The van der Waals surface area contributed by atoms with Crippen molar-refractivity contribution < 1.29 is 0 Å². The Morgan fingerprint density at radius 2 is 0.444 bits per heavy atom. The number of rotatable bonds is 13. The Morgan fingerprint density at radius 1 is 0.128 bits per heavy atom. The summed E-state index contributed by atoms with van der Waals surface area (Å²) in [6, 6.07) is 162. The van der Waals surface area contributed by atoms with E-state index >= 15 is 0 Å². The molecule has 20 aromatic carbocycles. The van der Waals surface area contributed by atoms with Crippen LogP contribution in [-0.4, -0.2) is 0 Å². The van der Waals surface area contributed by atoms with E-state index in [1.807, 2.05) is 95.5 Å². The predicted octanol–water partition coefficient (Wildman–Crippen LogP) is 32.7. The summed E-state index contributed by atoms with van der Waals surface area (Å²) >= 11 is 3.70. The molecule has 0 atom stereocenters. The van der Waals surface area contributed by atoms with Gasteiger partial charge in [0.05, 0.1) is 0 Å². The summed E-state index contributed by atoms with van der Waals surface area (Å²) < 4.78 is 5.34. The first-order valence-electron chi connectivity index (χ1n) is 39.5. The summed E-state index contributed by atoms with van der Waals surface area (Å²) in [5.74, 6) is 0. The van der Waals surface area contributed by atoms with Crippen LogP contribution in [0, 0.1) is 0 Å². The molecule has 22 rings (SSSR count). The van der Waals surface area contributed by atoms with Gasteiger partial charge < -0.3 is 26.6 Å². The first kappa shape index (κ1) is 73.6. The Bertz CT molecular complexity index is 7090. The fourth-order valence-electron chi connectivity index (χ4n) is 15.3. The molecule has 2 aromatic heterocycles. The maximum absolute atomic E-state index is 3.65. The monoisotopic (exact) mass is 1540 g/mol. The highest BCUT2D eigenvalue weighted by molar-refractivity contribution is 7.26. The second-order valence-corrected chi connectivity index (χ2v) is 30.9. The highest BCUT2D eigenvalue weighted by Gasteiger charge is 2.13. The Hall–Kier alpha value is -14.9. The van der Waals surface area contributed by atoms with E-state index in [2.05, 4.69) is 415 Å². The van der Waals surface area contributed by atoms with E-state index < -0.39 is 0 Å². The SMILES string of the molecule is c1ccc(-c2cccc(Nc3cc4ccccc4c4ccccc34)c2)cc1.c1ccc(Nc2cc(-c3ccccc3)cc(-c3ccccc3)c2)cc1.c1ccc(Nc2ccc3c(c2)sc2ccccc23)cc1.c1ccc(Nc2ccc3c(ccc4ccccc43)c2)cc1.c1ccc2c(Nc3ccc4c(c3)sc3ccccc34)cccc2c1. The van der Waals surface area contributed by atoms with Gasteiger partial charge in [-0.05, 0) is 204 Å². The molecule has 7 heteroatoms. The van der Waals surface area contributed by atoms with Crippen molar-refractivity contribution in [3.63, 3.8) is 0 Å². The van der Waals surface area contributed by atoms with Crippen molar-refractivity contribution >= 4 is 174 Å². The predicted molar refractivity (Wildman–Crippen MR) is 510 cm³/mol. The average molecular weight is 1540 g/mol. The number of benzene rings is 20. The smallest absolute Gasteiger partial charge is 0.0470 e. The number of nitrogens with one attached hydrogen (secondary N) is 5. The van der Waals surface area contributed by atoms with Gasteiger partial charge in [0.25, 0.3) is 0 Å². The highest BCUT2D eigenvalue weighted by Crippen LogP contribution is 2.41. The zero-order valence-electron chi connectivity index (χ0n) is 64.2. The lowest BCUT2D eigenvalue weighted by Gasteiger charge is -2.14. The summed E-state index contributed by atoms with van der Waals surface area (Å²) in [6.07, 6.45) is 0. The van der Waals surface area contributed by atoms with Crippen molar-refractivity contribution in [2.24, 2.45) is 0 Å². The number of para-hydroxylation sites is 3. The fourth-order valence-corrected chi connectivity index (χ4v) is 17.6.